The van der Waals surface area contributed by atoms with Gasteiger partial charge in [0.25, 0.3) is 0 Å². The number of hydrogen-bond donors (Lipinski definition) is 12. The summed E-state index contributed by atoms with van der Waals surface area (Å²) < 4.78 is 5.32. The second-order valence-corrected chi connectivity index (χ2v) is 15.6. The van der Waals surface area contributed by atoms with Crippen LogP contribution in [0.4, 0.5) is 5.69 Å². The lowest BCUT2D eigenvalue weighted by atomic mass is 10.0. The van der Waals surface area contributed by atoms with E-state index in [0.29, 0.717) is 61.8 Å². The molecule has 0 fully saturated rings. The summed E-state index contributed by atoms with van der Waals surface area (Å²) in [7, 11) is 0. The van der Waals surface area contributed by atoms with Crippen molar-refractivity contribution in [2.24, 2.45) is 28.9 Å². The Hall–Kier alpha value is -6.09. The molecule has 7 amide bonds. The molecular formula is C41H66N12O9. The van der Waals surface area contributed by atoms with Crippen LogP contribution < -0.4 is 65.8 Å². The Balaban J connectivity index is 2.37. The predicted molar refractivity (Wildman–Crippen MR) is 234 cm³/mol. The zero-order valence-corrected chi connectivity index (χ0v) is 36.2. The van der Waals surface area contributed by atoms with Gasteiger partial charge < -0.3 is 64.6 Å². The van der Waals surface area contributed by atoms with Gasteiger partial charge in [0.1, 0.15) is 35.8 Å². The number of benzene rings is 1. The topological polar surface area (TPSA) is 362 Å². The van der Waals surface area contributed by atoms with Gasteiger partial charge in [-0.1, -0.05) is 13.8 Å². The van der Waals surface area contributed by atoms with E-state index in [1.807, 2.05) is 13.8 Å². The van der Waals surface area contributed by atoms with E-state index in [1.54, 1.807) is 19.1 Å². The first-order valence-electron chi connectivity index (χ1n) is 20.9. The number of nitrogens with two attached hydrogens (primary N) is 4. The van der Waals surface area contributed by atoms with E-state index in [0.717, 1.165) is 0 Å². The molecular weight excluding hydrogens is 805 g/mol. The van der Waals surface area contributed by atoms with Crippen LogP contribution in [0.15, 0.2) is 33.5 Å². The molecule has 1 aromatic heterocycles. The van der Waals surface area contributed by atoms with E-state index in [9.17, 15) is 38.4 Å². The van der Waals surface area contributed by atoms with Crippen LogP contribution in [0.1, 0.15) is 97.0 Å². The van der Waals surface area contributed by atoms with Gasteiger partial charge in [-0.3, -0.25) is 39.0 Å². The first-order valence-corrected chi connectivity index (χ1v) is 20.9. The van der Waals surface area contributed by atoms with Crippen LogP contribution >= 0.6 is 0 Å². The maximum atomic E-state index is 14.0. The number of primary amides is 1. The lowest BCUT2D eigenvalue weighted by molar-refractivity contribution is -0.135. The van der Waals surface area contributed by atoms with Crippen LogP contribution in [0.25, 0.3) is 11.0 Å². The van der Waals surface area contributed by atoms with Gasteiger partial charge in [0.05, 0.1) is 0 Å². The maximum Gasteiger partial charge on any atom is 0.336 e. The molecule has 16 N–H and O–H groups in total. The Morgan fingerprint density at radius 1 is 0.677 bits per heavy atom. The number of anilines is 1. The summed E-state index contributed by atoms with van der Waals surface area (Å²) in [4.78, 5) is 105. The molecule has 0 aliphatic heterocycles. The van der Waals surface area contributed by atoms with Gasteiger partial charge in [-0.25, -0.2) is 4.79 Å². The monoisotopic (exact) mass is 871 g/mol. The predicted octanol–water partition coefficient (Wildman–Crippen LogP) is -0.683. The minimum absolute atomic E-state index is 0.0912. The van der Waals surface area contributed by atoms with Gasteiger partial charge >= 0.3 is 5.63 Å². The molecule has 62 heavy (non-hydrogen) atoms. The Bertz CT molecular complexity index is 1920. The maximum absolute atomic E-state index is 14.0. The molecule has 0 aliphatic rings. The van der Waals surface area contributed by atoms with Crippen LogP contribution in [0.2, 0.25) is 0 Å². The molecule has 5 atom stereocenters. The quantitative estimate of drug-likeness (QED) is 0.0219. The summed E-state index contributed by atoms with van der Waals surface area (Å²) in [6.45, 7) is 7.55. The van der Waals surface area contributed by atoms with E-state index < -0.39 is 77.2 Å². The fourth-order valence-electron chi connectivity index (χ4n) is 6.55. The number of unbranched alkanes of at least 4 members (excludes halogenated alkanes) is 2. The third-order valence-electron chi connectivity index (χ3n) is 9.71. The minimum atomic E-state index is -1.33. The number of amides is 7. The molecule has 344 valence electrons. The van der Waals surface area contributed by atoms with Crippen LogP contribution in [0.3, 0.4) is 0 Å². The zero-order chi connectivity index (χ0) is 46.4. The van der Waals surface area contributed by atoms with Crippen LogP contribution in [0, 0.1) is 18.3 Å². The van der Waals surface area contributed by atoms with Crippen molar-refractivity contribution in [1.29, 1.82) is 5.41 Å². The van der Waals surface area contributed by atoms with Crippen molar-refractivity contribution in [3.8, 4) is 0 Å². The molecule has 1 heterocycles. The van der Waals surface area contributed by atoms with Crippen molar-refractivity contribution in [1.82, 2.24) is 31.9 Å². The number of fused-ring (bicyclic) bond motifs is 1. The lowest BCUT2D eigenvalue weighted by Crippen LogP contribution is -2.59. The van der Waals surface area contributed by atoms with Crippen molar-refractivity contribution in [2.45, 2.75) is 129 Å². The largest absolute Gasteiger partial charge is 0.423 e. The zero-order valence-electron chi connectivity index (χ0n) is 36.2. The average molecular weight is 871 g/mol. The van der Waals surface area contributed by atoms with Crippen LogP contribution in [-0.2, 0) is 33.6 Å². The molecule has 2 rings (SSSR count). The normalized spacial score (nSPS) is 13.5. The highest BCUT2D eigenvalue weighted by Crippen LogP contribution is 2.21. The number of hydrogen-bond acceptors (Lipinski definition) is 12. The molecule has 0 spiro atoms. The van der Waals surface area contributed by atoms with E-state index in [1.165, 1.54) is 19.1 Å². The van der Waals surface area contributed by atoms with E-state index in [2.05, 4.69) is 37.2 Å². The summed E-state index contributed by atoms with van der Waals surface area (Å²) in [6.07, 6.45) is 2.34. The highest BCUT2D eigenvalue weighted by molar-refractivity contribution is 6.00. The molecule has 21 nitrogen and oxygen atoms in total. The van der Waals surface area contributed by atoms with Crippen molar-refractivity contribution in [2.75, 3.05) is 25.0 Å². The molecule has 0 radical (unpaired) electrons. The van der Waals surface area contributed by atoms with Gasteiger partial charge in [0.2, 0.25) is 41.4 Å². The molecule has 0 saturated heterocycles. The lowest BCUT2D eigenvalue weighted by Gasteiger charge is -2.28. The Morgan fingerprint density at radius 2 is 1.18 bits per heavy atom. The minimum Gasteiger partial charge on any atom is -0.423 e. The van der Waals surface area contributed by atoms with Crippen molar-refractivity contribution in [3.63, 3.8) is 0 Å². The van der Waals surface area contributed by atoms with Crippen molar-refractivity contribution < 1.29 is 38.0 Å². The molecule has 0 aliphatic carbocycles. The second kappa shape index (κ2) is 27.0. The SMILES string of the molecule is CC(=O)N[C@@H](CCCCN)C(=O)N[C@@H](CCC(N)=O)C(=O)N[C@@H](CCCCN)C(=O)N[C@@H](CC(C)C)C(=O)N[C@@H](CCCNC(=N)N)C(=O)Nc1ccc2c(C)cc(=O)oc2c1. The van der Waals surface area contributed by atoms with E-state index in [4.69, 9.17) is 32.8 Å². The summed E-state index contributed by atoms with van der Waals surface area (Å²) >= 11 is 0. The Morgan fingerprint density at radius 3 is 1.69 bits per heavy atom. The van der Waals surface area contributed by atoms with Crippen molar-refractivity contribution >= 4 is 64.0 Å². The summed E-state index contributed by atoms with van der Waals surface area (Å²) in [6, 6.07) is 0.266. The molecule has 0 bridgehead atoms. The van der Waals surface area contributed by atoms with Crippen molar-refractivity contribution in [3.05, 3.63) is 40.2 Å². The average Bonchev–Trinajstić information content (AvgIpc) is 3.18. The summed E-state index contributed by atoms with van der Waals surface area (Å²) in [5.41, 5.74) is 22.8. The Kier molecular flexibility index (Phi) is 22.6. The summed E-state index contributed by atoms with van der Waals surface area (Å²) in [5.74, 6) is -5.13. The number of nitrogens with one attached hydrogen (secondary N) is 8. The first-order chi connectivity index (χ1) is 29.3. The smallest absolute Gasteiger partial charge is 0.336 e. The molecule has 1 aromatic carbocycles. The van der Waals surface area contributed by atoms with Crippen LogP contribution in [0.5, 0.6) is 0 Å². The van der Waals surface area contributed by atoms with E-state index >= 15 is 0 Å². The number of aryl methyl sites for hydroxylation is 1. The van der Waals surface area contributed by atoms with Gasteiger partial charge in [0.15, 0.2) is 5.96 Å². The third-order valence-corrected chi connectivity index (χ3v) is 9.71. The number of guanidine groups is 1. The highest BCUT2D eigenvalue weighted by atomic mass is 16.4. The number of carbonyl (C=O) groups excluding carboxylic acids is 7. The number of rotatable bonds is 28. The molecule has 0 unspecified atom stereocenters. The highest BCUT2D eigenvalue weighted by Gasteiger charge is 2.33. The fourth-order valence-corrected chi connectivity index (χ4v) is 6.55. The van der Waals surface area contributed by atoms with Crippen LogP contribution in [-0.4, -0.2) is 97.2 Å². The standard InChI is InChI=1S/C41H66N12O9/c1-23(2)20-32(40(61)51-30(12-9-19-47-41(45)46)36(57)49-26-13-14-27-24(3)21-35(56)62-33(27)22-26)53-38(59)29(11-6-8-18-43)50-39(60)31(15-16-34(44)55)52-37(58)28(48-25(4)54)10-5-7-17-42/h13-14,21-23,28-32H,5-12,15-20,42-43H2,1-4H3,(H2,44,55)(H,48,54)(H,49,57)(H,50,60)(H,51,61)(H,52,58)(H,53,59)(H4,45,46,47)/t28-,29-,30-,31-,32-/m0/s1. The second-order valence-electron chi connectivity index (χ2n) is 15.6. The molecule has 21 heteroatoms. The van der Waals surface area contributed by atoms with Gasteiger partial charge in [-0.15, -0.1) is 0 Å². The fraction of sp³-hybridized carbons (Fsp3) is 0.585. The van der Waals surface area contributed by atoms with Gasteiger partial charge in [0, 0.05) is 43.1 Å². The first kappa shape index (κ1) is 52.0. The summed E-state index contributed by atoms with van der Waals surface area (Å²) in [5, 5.41) is 26.8. The third kappa shape index (κ3) is 19.1. The van der Waals surface area contributed by atoms with Gasteiger partial charge in [-0.2, -0.15) is 0 Å². The van der Waals surface area contributed by atoms with Gasteiger partial charge in [-0.05, 0) is 108 Å². The van der Waals surface area contributed by atoms with E-state index in [-0.39, 0.29) is 62.5 Å². The molecule has 2 aromatic rings. The number of carbonyl (C=O) groups is 7. The Labute approximate surface area is 361 Å². The molecule has 0 saturated carbocycles.